The molecular weight excluding hydrogens is 160 g/mol. The molecule has 2 heteroatoms. The van der Waals surface area contributed by atoms with Crippen LogP contribution in [-0.2, 0) is 0 Å². The Hall–Kier alpha value is -0.550. The smallest absolute Gasteiger partial charge is 0.0638 e. The van der Waals surface area contributed by atoms with Gasteiger partial charge in [-0.2, -0.15) is 5.26 Å². The number of nitriles is 1. The Labute approximate surface area is 81.3 Å². The molecule has 0 amide bonds. The topological polar surface area (TPSA) is 35.8 Å². The zero-order valence-corrected chi connectivity index (χ0v) is 8.71. The van der Waals surface area contributed by atoms with Crippen molar-refractivity contribution in [3.63, 3.8) is 0 Å². The van der Waals surface area contributed by atoms with Crippen LogP contribution in [0.4, 0.5) is 0 Å². The van der Waals surface area contributed by atoms with E-state index in [0.29, 0.717) is 12.5 Å². The van der Waals surface area contributed by atoms with Crippen LogP contribution >= 0.6 is 0 Å². The van der Waals surface area contributed by atoms with E-state index in [1.54, 1.807) is 0 Å². The Bertz CT molecular complexity index is 183. The minimum atomic E-state index is 0.359. The molecule has 0 radical (unpaired) electrons. The van der Waals surface area contributed by atoms with Gasteiger partial charge in [-0.3, -0.25) is 0 Å². The minimum absolute atomic E-state index is 0.359. The van der Waals surface area contributed by atoms with Crippen LogP contribution < -0.4 is 5.32 Å². The first kappa shape index (κ1) is 10.5. The van der Waals surface area contributed by atoms with Crippen LogP contribution in [0.5, 0.6) is 0 Å². The van der Waals surface area contributed by atoms with E-state index in [1.807, 2.05) is 0 Å². The second-order valence-corrected chi connectivity index (χ2v) is 4.34. The molecule has 0 heterocycles. The first-order chi connectivity index (χ1) is 6.24. The van der Waals surface area contributed by atoms with Crippen LogP contribution in [-0.4, -0.2) is 12.6 Å². The van der Waals surface area contributed by atoms with E-state index in [1.165, 1.54) is 19.3 Å². The predicted octanol–water partition coefficient (Wildman–Crippen LogP) is 2.31. The molecule has 1 aliphatic rings. The highest BCUT2D eigenvalue weighted by molar-refractivity contribution is 4.81. The van der Waals surface area contributed by atoms with E-state index in [0.717, 1.165) is 18.4 Å². The van der Waals surface area contributed by atoms with Crippen LogP contribution in [0.15, 0.2) is 0 Å². The predicted molar refractivity (Wildman–Crippen MR) is 54.2 cm³/mol. The molecule has 0 saturated heterocycles. The van der Waals surface area contributed by atoms with Gasteiger partial charge in [0.25, 0.3) is 0 Å². The highest BCUT2D eigenvalue weighted by Crippen LogP contribution is 2.30. The van der Waals surface area contributed by atoms with Crippen molar-refractivity contribution in [1.29, 1.82) is 5.26 Å². The van der Waals surface area contributed by atoms with Gasteiger partial charge < -0.3 is 5.32 Å². The summed E-state index contributed by atoms with van der Waals surface area (Å²) in [7, 11) is 0. The van der Waals surface area contributed by atoms with Crippen LogP contribution in [0.1, 0.15) is 39.5 Å². The molecule has 3 atom stereocenters. The van der Waals surface area contributed by atoms with Crippen molar-refractivity contribution in [2.75, 3.05) is 6.54 Å². The van der Waals surface area contributed by atoms with Gasteiger partial charge >= 0.3 is 0 Å². The lowest BCUT2D eigenvalue weighted by atomic mass is 9.98. The lowest BCUT2D eigenvalue weighted by molar-refractivity contribution is 0.373. The van der Waals surface area contributed by atoms with Crippen molar-refractivity contribution in [3.05, 3.63) is 0 Å². The van der Waals surface area contributed by atoms with Gasteiger partial charge in [0.15, 0.2) is 0 Å². The maximum absolute atomic E-state index is 8.49. The Morgan fingerprint density at radius 3 is 2.85 bits per heavy atom. The lowest BCUT2D eigenvalue weighted by Gasteiger charge is -2.18. The van der Waals surface area contributed by atoms with Crippen molar-refractivity contribution in [1.82, 2.24) is 5.32 Å². The standard InChI is InChI=1S/C11H20N2/c1-9-4-3-5-11(9)8-13-10(2)6-7-12/h9-11,13H,3-6,8H2,1-2H3. The van der Waals surface area contributed by atoms with Crippen LogP contribution in [0.2, 0.25) is 0 Å². The fourth-order valence-corrected chi connectivity index (χ4v) is 2.09. The average molecular weight is 180 g/mol. The molecule has 0 aromatic carbocycles. The van der Waals surface area contributed by atoms with Crippen LogP contribution in [0, 0.1) is 23.2 Å². The summed E-state index contributed by atoms with van der Waals surface area (Å²) in [6.45, 7) is 5.53. The Balaban J connectivity index is 2.15. The monoisotopic (exact) mass is 180 g/mol. The van der Waals surface area contributed by atoms with Crippen molar-refractivity contribution in [3.8, 4) is 6.07 Å². The summed E-state index contributed by atoms with van der Waals surface area (Å²) in [5.74, 6) is 1.72. The van der Waals surface area contributed by atoms with Crippen LogP contribution in [0.25, 0.3) is 0 Å². The largest absolute Gasteiger partial charge is 0.313 e. The number of hydrogen-bond acceptors (Lipinski definition) is 2. The average Bonchev–Trinajstić information content (AvgIpc) is 2.48. The summed E-state index contributed by atoms with van der Waals surface area (Å²) in [4.78, 5) is 0. The minimum Gasteiger partial charge on any atom is -0.313 e. The summed E-state index contributed by atoms with van der Waals surface area (Å²) in [5, 5.41) is 11.9. The van der Waals surface area contributed by atoms with Gasteiger partial charge in [0, 0.05) is 6.04 Å². The maximum atomic E-state index is 8.49. The fraction of sp³-hybridized carbons (Fsp3) is 0.909. The molecule has 1 saturated carbocycles. The molecule has 1 fully saturated rings. The van der Waals surface area contributed by atoms with E-state index in [9.17, 15) is 0 Å². The zero-order valence-electron chi connectivity index (χ0n) is 8.71. The van der Waals surface area contributed by atoms with Crippen molar-refractivity contribution in [2.24, 2.45) is 11.8 Å². The molecule has 74 valence electrons. The molecule has 0 aromatic heterocycles. The summed E-state index contributed by atoms with van der Waals surface area (Å²) in [5.41, 5.74) is 0. The van der Waals surface area contributed by atoms with E-state index in [-0.39, 0.29) is 0 Å². The van der Waals surface area contributed by atoms with E-state index in [2.05, 4.69) is 25.2 Å². The molecule has 1 rings (SSSR count). The SMILES string of the molecule is CC(CC#N)NCC1CCCC1C. The Morgan fingerprint density at radius 1 is 1.54 bits per heavy atom. The van der Waals surface area contributed by atoms with Crippen molar-refractivity contribution >= 4 is 0 Å². The third-order valence-electron chi connectivity index (χ3n) is 3.17. The first-order valence-corrected chi connectivity index (χ1v) is 5.34. The molecule has 1 aliphatic carbocycles. The number of nitrogens with one attached hydrogen (secondary N) is 1. The molecule has 1 N–H and O–H groups in total. The molecule has 13 heavy (non-hydrogen) atoms. The van der Waals surface area contributed by atoms with Gasteiger partial charge in [-0.05, 0) is 31.7 Å². The first-order valence-electron chi connectivity index (χ1n) is 5.34. The molecule has 0 aromatic rings. The summed E-state index contributed by atoms with van der Waals surface area (Å²) < 4.78 is 0. The summed E-state index contributed by atoms with van der Waals surface area (Å²) in [6.07, 6.45) is 4.77. The Kier molecular flexibility index (Phi) is 4.24. The van der Waals surface area contributed by atoms with E-state index >= 15 is 0 Å². The second kappa shape index (κ2) is 5.24. The summed E-state index contributed by atoms with van der Waals surface area (Å²) in [6, 6.07) is 2.55. The van der Waals surface area contributed by atoms with E-state index in [4.69, 9.17) is 5.26 Å². The third kappa shape index (κ3) is 3.36. The molecule has 0 aliphatic heterocycles. The quantitative estimate of drug-likeness (QED) is 0.720. The highest BCUT2D eigenvalue weighted by Gasteiger charge is 2.22. The van der Waals surface area contributed by atoms with Gasteiger partial charge in [0.1, 0.15) is 0 Å². The van der Waals surface area contributed by atoms with Gasteiger partial charge in [-0.1, -0.05) is 19.8 Å². The van der Waals surface area contributed by atoms with Crippen LogP contribution in [0.3, 0.4) is 0 Å². The van der Waals surface area contributed by atoms with E-state index < -0.39 is 0 Å². The summed E-state index contributed by atoms with van der Waals surface area (Å²) >= 11 is 0. The van der Waals surface area contributed by atoms with Crippen molar-refractivity contribution in [2.45, 2.75) is 45.6 Å². The van der Waals surface area contributed by atoms with Gasteiger partial charge in [-0.15, -0.1) is 0 Å². The molecule has 0 bridgehead atoms. The Morgan fingerprint density at radius 2 is 2.31 bits per heavy atom. The second-order valence-electron chi connectivity index (χ2n) is 4.34. The van der Waals surface area contributed by atoms with Gasteiger partial charge in [0.05, 0.1) is 12.5 Å². The highest BCUT2D eigenvalue weighted by atomic mass is 14.9. The van der Waals surface area contributed by atoms with Crippen molar-refractivity contribution < 1.29 is 0 Å². The number of rotatable bonds is 4. The molecule has 2 nitrogen and oxygen atoms in total. The normalized spacial score (nSPS) is 29.9. The maximum Gasteiger partial charge on any atom is 0.0638 e. The number of hydrogen-bond donors (Lipinski definition) is 1. The molecule has 3 unspecified atom stereocenters. The number of nitrogens with zero attached hydrogens (tertiary/aromatic N) is 1. The fourth-order valence-electron chi connectivity index (χ4n) is 2.09. The lowest BCUT2D eigenvalue weighted by Crippen LogP contribution is -2.31. The molecule has 0 spiro atoms. The zero-order chi connectivity index (χ0) is 9.68. The molecular formula is C11H20N2. The third-order valence-corrected chi connectivity index (χ3v) is 3.17. The van der Waals surface area contributed by atoms with Gasteiger partial charge in [-0.25, -0.2) is 0 Å². The van der Waals surface area contributed by atoms with Gasteiger partial charge in [0.2, 0.25) is 0 Å².